The van der Waals surface area contributed by atoms with Crippen molar-refractivity contribution in [2.75, 3.05) is 25.5 Å². The molecule has 7 heteroatoms. The van der Waals surface area contributed by atoms with E-state index >= 15 is 0 Å². The summed E-state index contributed by atoms with van der Waals surface area (Å²) in [4.78, 5) is 23.0. The lowest BCUT2D eigenvalue weighted by Gasteiger charge is -2.29. The van der Waals surface area contributed by atoms with Gasteiger partial charge >= 0.3 is 0 Å². The highest BCUT2D eigenvalue weighted by Crippen LogP contribution is 2.32. The molecule has 0 aliphatic carbocycles. The molecular formula is C19H23ClN4O2. The summed E-state index contributed by atoms with van der Waals surface area (Å²) in [5.74, 6) is 1.77. The summed E-state index contributed by atoms with van der Waals surface area (Å²) in [5, 5.41) is 3.80. The fraction of sp³-hybridized carbons (Fsp3) is 0.421. The third-order valence-corrected chi connectivity index (χ3v) is 5.09. The number of carbonyl (C=O) groups is 1. The molecule has 0 atom stereocenters. The van der Waals surface area contributed by atoms with Gasteiger partial charge < -0.3 is 15.0 Å². The molecule has 1 amide bonds. The number of aromatic nitrogens is 2. The molecule has 0 unspecified atom stereocenters. The molecule has 3 rings (SSSR count). The van der Waals surface area contributed by atoms with E-state index in [9.17, 15) is 4.79 Å². The van der Waals surface area contributed by atoms with Gasteiger partial charge in [-0.1, -0.05) is 18.5 Å². The number of anilines is 2. The van der Waals surface area contributed by atoms with E-state index < -0.39 is 0 Å². The molecule has 0 radical (unpaired) electrons. The Morgan fingerprint density at radius 1 is 1.27 bits per heavy atom. The molecular weight excluding hydrogens is 352 g/mol. The summed E-state index contributed by atoms with van der Waals surface area (Å²) in [7, 11) is 1.58. The highest BCUT2D eigenvalue weighted by atomic mass is 35.5. The quantitative estimate of drug-likeness (QED) is 0.873. The van der Waals surface area contributed by atoms with Crippen molar-refractivity contribution in [2.45, 2.75) is 26.7 Å². The van der Waals surface area contributed by atoms with Crippen molar-refractivity contribution in [2.24, 2.45) is 5.92 Å². The van der Waals surface area contributed by atoms with Crippen LogP contribution in [0.5, 0.6) is 5.75 Å². The summed E-state index contributed by atoms with van der Waals surface area (Å²) in [6, 6.07) is 3.64. The van der Waals surface area contributed by atoms with Crippen LogP contribution in [0.25, 0.3) is 0 Å². The van der Waals surface area contributed by atoms with Gasteiger partial charge in [0.1, 0.15) is 17.3 Å². The number of hydrogen-bond donors (Lipinski definition) is 1. The Kier molecular flexibility index (Phi) is 5.61. The highest BCUT2D eigenvalue weighted by Gasteiger charge is 2.22. The molecule has 26 heavy (non-hydrogen) atoms. The number of ether oxygens (including phenoxy) is 1. The smallest absolute Gasteiger partial charge is 0.274 e. The molecule has 2 heterocycles. The molecule has 1 N–H and O–H groups in total. The molecule has 1 aromatic heterocycles. The first-order chi connectivity index (χ1) is 12.5. The number of hydrogen-bond acceptors (Lipinski definition) is 5. The topological polar surface area (TPSA) is 67.3 Å². The normalized spacial score (nSPS) is 15.0. The molecule has 1 saturated heterocycles. The summed E-state index contributed by atoms with van der Waals surface area (Å²) in [5.41, 5.74) is 2.03. The number of likely N-dealkylation sites (tertiary alicyclic amines) is 1. The maximum atomic E-state index is 12.5. The molecule has 1 aliphatic rings. The average Bonchev–Trinajstić information content (AvgIpc) is 2.65. The molecule has 0 spiro atoms. The van der Waals surface area contributed by atoms with E-state index in [0.717, 1.165) is 37.2 Å². The van der Waals surface area contributed by atoms with Crippen molar-refractivity contribution in [1.82, 2.24) is 14.9 Å². The van der Waals surface area contributed by atoms with Crippen LogP contribution in [-0.2, 0) is 0 Å². The van der Waals surface area contributed by atoms with Gasteiger partial charge in [0.15, 0.2) is 0 Å². The van der Waals surface area contributed by atoms with Gasteiger partial charge in [-0.2, -0.15) is 0 Å². The fourth-order valence-electron chi connectivity index (χ4n) is 2.94. The van der Waals surface area contributed by atoms with Crippen LogP contribution in [0.15, 0.2) is 24.5 Å². The number of methoxy groups -OCH3 is 1. The Labute approximate surface area is 158 Å². The molecule has 0 saturated carbocycles. The third kappa shape index (κ3) is 4.07. The maximum absolute atomic E-state index is 12.5. The first kappa shape index (κ1) is 18.5. The highest BCUT2D eigenvalue weighted by molar-refractivity contribution is 6.31. The molecule has 1 aromatic carbocycles. The largest absolute Gasteiger partial charge is 0.495 e. The van der Waals surface area contributed by atoms with Crippen molar-refractivity contribution in [3.63, 3.8) is 0 Å². The number of rotatable bonds is 4. The van der Waals surface area contributed by atoms with Crippen molar-refractivity contribution < 1.29 is 9.53 Å². The van der Waals surface area contributed by atoms with Crippen LogP contribution >= 0.6 is 11.6 Å². The van der Waals surface area contributed by atoms with Crippen LogP contribution in [-0.4, -0.2) is 41.0 Å². The lowest BCUT2D eigenvalue weighted by molar-refractivity contribution is 0.0691. The summed E-state index contributed by atoms with van der Waals surface area (Å²) in [6.07, 6.45) is 5.14. The Morgan fingerprint density at radius 3 is 2.62 bits per heavy atom. The zero-order valence-corrected chi connectivity index (χ0v) is 16.0. The third-order valence-electron chi connectivity index (χ3n) is 4.69. The first-order valence-corrected chi connectivity index (χ1v) is 9.08. The van der Waals surface area contributed by atoms with Gasteiger partial charge in [-0.25, -0.2) is 9.97 Å². The second kappa shape index (κ2) is 7.91. The van der Waals surface area contributed by atoms with Gasteiger partial charge in [0.25, 0.3) is 5.91 Å². The van der Waals surface area contributed by atoms with Crippen LogP contribution < -0.4 is 10.1 Å². The zero-order valence-electron chi connectivity index (χ0n) is 15.3. The van der Waals surface area contributed by atoms with Gasteiger partial charge in [0.2, 0.25) is 0 Å². The van der Waals surface area contributed by atoms with E-state index in [1.165, 1.54) is 6.20 Å². The minimum absolute atomic E-state index is 0.0594. The Hall–Kier alpha value is -2.34. The molecule has 1 aliphatic heterocycles. The Morgan fingerprint density at radius 2 is 2.00 bits per heavy atom. The fourth-order valence-corrected chi connectivity index (χ4v) is 3.10. The molecule has 6 nitrogen and oxygen atoms in total. The second-order valence-corrected chi connectivity index (χ2v) is 7.10. The number of piperidine rings is 1. The van der Waals surface area contributed by atoms with E-state index in [-0.39, 0.29) is 5.91 Å². The van der Waals surface area contributed by atoms with Crippen LogP contribution in [0.3, 0.4) is 0 Å². The summed E-state index contributed by atoms with van der Waals surface area (Å²) >= 11 is 6.13. The van der Waals surface area contributed by atoms with E-state index in [2.05, 4.69) is 22.2 Å². The minimum atomic E-state index is -0.0594. The van der Waals surface area contributed by atoms with E-state index in [4.69, 9.17) is 16.3 Å². The van der Waals surface area contributed by atoms with Gasteiger partial charge in [-0.05, 0) is 37.3 Å². The first-order valence-electron chi connectivity index (χ1n) is 8.70. The van der Waals surface area contributed by atoms with Crippen molar-refractivity contribution in [3.05, 3.63) is 40.8 Å². The number of halogens is 1. The summed E-state index contributed by atoms with van der Waals surface area (Å²) < 4.78 is 5.35. The number of nitrogens with zero attached hydrogens (tertiary/aromatic N) is 3. The van der Waals surface area contributed by atoms with Crippen LogP contribution in [0, 0.1) is 12.8 Å². The maximum Gasteiger partial charge on any atom is 0.274 e. The van der Waals surface area contributed by atoms with E-state index in [0.29, 0.717) is 28.2 Å². The number of nitrogens with one attached hydrogen (secondary N) is 1. The minimum Gasteiger partial charge on any atom is -0.495 e. The second-order valence-electron chi connectivity index (χ2n) is 6.69. The number of amides is 1. The molecule has 0 bridgehead atoms. The lowest BCUT2D eigenvalue weighted by atomic mass is 9.99. The van der Waals surface area contributed by atoms with Crippen molar-refractivity contribution in [3.8, 4) is 5.75 Å². The van der Waals surface area contributed by atoms with Gasteiger partial charge in [0, 0.05) is 24.2 Å². The number of carbonyl (C=O) groups excluding carboxylic acids is 1. The number of aryl methyl sites for hydroxylation is 1. The number of benzene rings is 1. The van der Waals surface area contributed by atoms with Crippen molar-refractivity contribution >= 4 is 29.0 Å². The SMILES string of the molecule is COc1cc(Cl)c(C)cc1Nc1cnc(C(=O)N2CCC(C)CC2)cn1. The lowest BCUT2D eigenvalue weighted by Crippen LogP contribution is -2.38. The van der Waals surface area contributed by atoms with E-state index in [1.807, 2.05) is 17.9 Å². The van der Waals surface area contributed by atoms with Crippen LogP contribution in [0.4, 0.5) is 11.5 Å². The molecule has 1 fully saturated rings. The van der Waals surface area contributed by atoms with E-state index in [1.54, 1.807) is 19.4 Å². The van der Waals surface area contributed by atoms with Gasteiger partial charge in [0.05, 0.1) is 25.2 Å². The van der Waals surface area contributed by atoms with Crippen molar-refractivity contribution in [1.29, 1.82) is 0 Å². The Bertz CT molecular complexity index is 787. The standard InChI is InChI=1S/C19H23ClN4O2/c1-12-4-6-24(7-5-12)19(25)16-10-22-18(11-21-16)23-15-8-13(2)14(20)9-17(15)26-3/h8-12H,4-7H2,1-3H3,(H,22,23). The monoisotopic (exact) mass is 374 g/mol. The van der Waals surface area contributed by atoms with Crippen LogP contribution in [0.1, 0.15) is 35.8 Å². The summed E-state index contributed by atoms with van der Waals surface area (Å²) in [6.45, 7) is 5.70. The van der Waals surface area contributed by atoms with Gasteiger partial charge in [-0.15, -0.1) is 0 Å². The van der Waals surface area contributed by atoms with Gasteiger partial charge in [-0.3, -0.25) is 4.79 Å². The predicted molar refractivity (Wildman–Crippen MR) is 102 cm³/mol. The predicted octanol–water partition coefficient (Wildman–Crippen LogP) is 4.06. The zero-order chi connectivity index (χ0) is 18.7. The average molecular weight is 375 g/mol. The van der Waals surface area contributed by atoms with Crippen LogP contribution in [0.2, 0.25) is 5.02 Å². The molecule has 138 valence electrons. The Balaban J connectivity index is 1.72. The molecule has 2 aromatic rings.